The van der Waals surface area contributed by atoms with Crippen molar-refractivity contribution in [2.75, 3.05) is 5.32 Å². The molecule has 0 radical (unpaired) electrons. The van der Waals surface area contributed by atoms with Crippen LogP contribution in [0.15, 0.2) is 18.2 Å². The van der Waals surface area contributed by atoms with E-state index in [0.29, 0.717) is 6.04 Å². The van der Waals surface area contributed by atoms with Crippen molar-refractivity contribution < 1.29 is 0 Å². The van der Waals surface area contributed by atoms with E-state index in [2.05, 4.69) is 41.8 Å². The third-order valence-corrected chi connectivity index (χ3v) is 2.28. The molecule has 2 nitrogen and oxygen atoms in total. The minimum absolute atomic E-state index is 0.402. The number of nitrogens with one attached hydrogen (secondary N) is 2. The van der Waals surface area contributed by atoms with E-state index >= 15 is 0 Å². The molecule has 0 aliphatic rings. The number of rotatable bonds is 3. The fraction of sp³-hybridized carbons (Fsp3) is 0.300. The second kappa shape index (κ2) is 4.60. The Bertz CT molecular complexity index is 308. The van der Waals surface area contributed by atoms with Crippen LogP contribution < -0.4 is 5.32 Å². The van der Waals surface area contributed by atoms with Gasteiger partial charge in [-0.05, 0) is 54.6 Å². The van der Waals surface area contributed by atoms with Gasteiger partial charge < -0.3 is 10.7 Å². The maximum Gasteiger partial charge on any atom is 0.0431 e. The van der Waals surface area contributed by atoms with Crippen LogP contribution in [0.2, 0.25) is 0 Å². The number of hydrogen-bond donors (Lipinski definition) is 2. The molecule has 0 aromatic heterocycles. The van der Waals surface area contributed by atoms with Crippen molar-refractivity contribution in [2.24, 2.45) is 0 Å². The molecule has 0 amide bonds. The molecule has 0 aliphatic heterocycles. The van der Waals surface area contributed by atoms with Gasteiger partial charge in [0.15, 0.2) is 0 Å². The van der Waals surface area contributed by atoms with Gasteiger partial charge in [0.25, 0.3) is 0 Å². The average molecular weight is 288 g/mol. The second-order valence-electron chi connectivity index (χ2n) is 3.17. The summed E-state index contributed by atoms with van der Waals surface area (Å²) in [7, 11) is 0. The van der Waals surface area contributed by atoms with Gasteiger partial charge in [0.1, 0.15) is 0 Å². The number of hydrogen-bond acceptors (Lipinski definition) is 2. The first-order valence-electron chi connectivity index (χ1n) is 4.20. The second-order valence-corrected chi connectivity index (χ2v) is 4.42. The predicted molar refractivity (Wildman–Crippen MR) is 65.8 cm³/mol. The summed E-state index contributed by atoms with van der Waals surface area (Å²) in [6.45, 7) is 4.18. The molecule has 1 aromatic carbocycles. The highest BCUT2D eigenvalue weighted by atomic mass is 127. The van der Waals surface area contributed by atoms with Crippen molar-refractivity contribution in [3.63, 3.8) is 0 Å². The van der Waals surface area contributed by atoms with Gasteiger partial charge >= 0.3 is 0 Å². The Kier molecular flexibility index (Phi) is 3.71. The fourth-order valence-electron chi connectivity index (χ4n) is 1.10. The summed E-state index contributed by atoms with van der Waals surface area (Å²) in [5.74, 6) is 0. The van der Waals surface area contributed by atoms with Crippen molar-refractivity contribution in [1.29, 1.82) is 5.41 Å². The van der Waals surface area contributed by atoms with E-state index in [0.717, 1.165) is 14.8 Å². The van der Waals surface area contributed by atoms with Gasteiger partial charge in [-0.25, -0.2) is 0 Å². The van der Waals surface area contributed by atoms with Gasteiger partial charge in [0.05, 0.1) is 0 Å². The molecule has 0 unspecified atom stereocenters. The Morgan fingerprint density at radius 3 is 2.69 bits per heavy atom. The average Bonchev–Trinajstić information content (AvgIpc) is 2.07. The molecule has 70 valence electrons. The monoisotopic (exact) mass is 288 g/mol. The van der Waals surface area contributed by atoms with Gasteiger partial charge in [-0.3, -0.25) is 0 Å². The summed E-state index contributed by atoms with van der Waals surface area (Å²) in [5, 5.41) is 10.6. The zero-order chi connectivity index (χ0) is 9.84. The van der Waals surface area contributed by atoms with E-state index in [9.17, 15) is 0 Å². The molecule has 2 N–H and O–H groups in total. The number of benzene rings is 1. The summed E-state index contributed by atoms with van der Waals surface area (Å²) in [4.78, 5) is 0. The molecule has 0 heterocycles. The van der Waals surface area contributed by atoms with Crippen LogP contribution in [0.4, 0.5) is 5.69 Å². The molecule has 3 heteroatoms. The first-order chi connectivity index (χ1) is 6.13. The van der Waals surface area contributed by atoms with E-state index in [-0.39, 0.29) is 0 Å². The summed E-state index contributed by atoms with van der Waals surface area (Å²) in [6.07, 6.45) is 1.38. The molecule has 0 spiro atoms. The largest absolute Gasteiger partial charge is 0.382 e. The van der Waals surface area contributed by atoms with E-state index in [4.69, 9.17) is 5.41 Å². The molecule has 0 bridgehead atoms. The summed E-state index contributed by atoms with van der Waals surface area (Å²) in [5.41, 5.74) is 1.98. The predicted octanol–water partition coefficient (Wildman–Crippen LogP) is 3.11. The molecule has 1 aromatic rings. The highest BCUT2D eigenvalue weighted by Crippen LogP contribution is 2.17. The highest BCUT2D eigenvalue weighted by molar-refractivity contribution is 14.1. The maximum atomic E-state index is 7.26. The lowest BCUT2D eigenvalue weighted by Crippen LogP contribution is -2.11. The highest BCUT2D eigenvalue weighted by Gasteiger charge is 2.01. The SMILES string of the molecule is CC(C)Nc1ccc(I)cc1C=N. The minimum Gasteiger partial charge on any atom is -0.382 e. The van der Waals surface area contributed by atoms with Crippen LogP contribution in [-0.2, 0) is 0 Å². The molecule has 13 heavy (non-hydrogen) atoms. The van der Waals surface area contributed by atoms with E-state index < -0.39 is 0 Å². The Hall–Kier alpha value is -0.580. The van der Waals surface area contributed by atoms with Crippen molar-refractivity contribution >= 4 is 34.5 Å². The van der Waals surface area contributed by atoms with Gasteiger partial charge in [-0.1, -0.05) is 0 Å². The third kappa shape index (κ3) is 2.99. The topological polar surface area (TPSA) is 35.9 Å². The molecule has 0 saturated heterocycles. The van der Waals surface area contributed by atoms with Crippen LogP contribution >= 0.6 is 22.6 Å². The fourth-order valence-corrected chi connectivity index (χ4v) is 1.61. The molecule has 0 atom stereocenters. The van der Waals surface area contributed by atoms with Gasteiger partial charge in [0.2, 0.25) is 0 Å². The van der Waals surface area contributed by atoms with Crippen molar-refractivity contribution in [3.8, 4) is 0 Å². The third-order valence-electron chi connectivity index (χ3n) is 1.61. The zero-order valence-electron chi connectivity index (χ0n) is 7.76. The zero-order valence-corrected chi connectivity index (χ0v) is 9.92. The number of halogens is 1. The van der Waals surface area contributed by atoms with Gasteiger partial charge in [-0.2, -0.15) is 0 Å². The Labute approximate surface area is 92.4 Å². The first-order valence-corrected chi connectivity index (χ1v) is 5.28. The smallest absolute Gasteiger partial charge is 0.0431 e. The number of anilines is 1. The van der Waals surface area contributed by atoms with Gasteiger partial charge in [-0.15, -0.1) is 0 Å². The van der Waals surface area contributed by atoms with Crippen LogP contribution in [-0.4, -0.2) is 12.3 Å². The maximum absolute atomic E-state index is 7.26. The lowest BCUT2D eigenvalue weighted by Gasteiger charge is -2.12. The van der Waals surface area contributed by atoms with Crippen LogP contribution in [0.25, 0.3) is 0 Å². The lowest BCUT2D eigenvalue weighted by atomic mass is 10.2. The minimum atomic E-state index is 0.402. The van der Waals surface area contributed by atoms with Crippen LogP contribution in [0.1, 0.15) is 19.4 Å². The summed E-state index contributed by atoms with van der Waals surface area (Å²) in [6, 6.07) is 6.46. The molecular formula is C10H13IN2. The quantitative estimate of drug-likeness (QED) is 0.650. The summed E-state index contributed by atoms with van der Waals surface area (Å²) >= 11 is 2.25. The molecule has 0 saturated carbocycles. The molecular weight excluding hydrogens is 275 g/mol. The molecule has 0 aliphatic carbocycles. The molecule has 1 rings (SSSR count). The lowest BCUT2D eigenvalue weighted by molar-refractivity contribution is 0.899. The molecule has 0 fully saturated rings. The van der Waals surface area contributed by atoms with Crippen LogP contribution in [0, 0.1) is 8.98 Å². The Morgan fingerprint density at radius 2 is 2.15 bits per heavy atom. The Balaban J connectivity index is 2.99. The standard InChI is InChI=1S/C10H13IN2/c1-7(2)13-10-4-3-9(11)5-8(10)6-12/h3-7,12-13H,1-2H3. The van der Waals surface area contributed by atoms with Crippen molar-refractivity contribution in [3.05, 3.63) is 27.3 Å². The Morgan fingerprint density at radius 1 is 1.46 bits per heavy atom. The van der Waals surface area contributed by atoms with E-state index in [1.807, 2.05) is 18.2 Å². The van der Waals surface area contributed by atoms with E-state index in [1.165, 1.54) is 6.21 Å². The van der Waals surface area contributed by atoms with E-state index in [1.54, 1.807) is 0 Å². The first kappa shape index (κ1) is 10.5. The van der Waals surface area contributed by atoms with Gasteiger partial charge in [0, 0.05) is 27.1 Å². The summed E-state index contributed by atoms with van der Waals surface area (Å²) < 4.78 is 1.16. The van der Waals surface area contributed by atoms with Crippen molar-refractivity contribution in [2.45, 2.75) is 19.9 Å². The van der Waals surface area contributed by atoms with Crippen LogP contribution in [0.5, 0.6) is 0 Å². The van der Waals surface area contributed by atoms with Crippen LogP contribution in [0.3, 0.4) is 0 Å². The normalized spacial score (nSPS) is 10.2. The van der Waals surface area contributed by atoms with Crippen molar-refractivity contribution in [1.82, 2.24) is 0 Å².